The number of nitrogens with one attached hydrogen (secondary N) is 1. The van der Waals surface area contributed by atoms with Crippen molar-refractivity contribution in [1.82, 2.24) is 14.9 Å². The Balaban J connectivity index is 1.85. The molecule has 5 nitrogen and oxygen atoms in total. The van der Waals surface area contributed by atoms with E-state index in [0.717, 1.165) is 27.8 Å². The van der Waals surface area contributed by atoms with Crippen LogP contribution in [0.25, 0.3) is 22.3 Å². The summed E-state index contributed by atoms with van der Waals surface area (Å²) in [5, 5.41) is 13.5. The number of carbonyl (C=O) groups excluding carboxylic acids is 1. The second-order valence-electron chi connectivity index (χ2n) is 8.41. The van der Waals surface area contributed by atoms with Crippen LogP contribution in [0.3, 0.4) is 0 Å². The summed E-state index contributed by atoms with van der Waals surface area (Å²) >= 11 is 0. The van der Waals surface area contributed by atoms with E-state index in [-0.39, 0.29) is 24.4 Å². The first-order valence-corrected chi connectivity index (χ1v) is 11.4. The van der Waals surface area contributed by atoms with E-state index in [1.807, 2.05) is 60.9 Å². The maximum atomic E-state index is 13.7. The monoisotopic (exact) mass is 457 g/mol. The van der Waals surface area contributed by atoms with Crippen molar-refractivity contribution in [2.75, 3.05) is 6.54 Å². The normalized spacial score (nSPS) is 11.1. The van der Waals surface area contributed by atoms with Crippen molar-refractivity contribution in [3.05, 3.63) is 102 Å². The van der Waals surface area contributed by atoms with Crippen LogP contribution in [-0.2, 0) is 13.0 Å². The Bertz CT molecular complexity index is 1250. The maximum Gasteiger partial charge on any atom is 0.268 e. The van der Waals surface area contributed by atoms with E-state index >= 15 is 0 Å². The van der Waals surface area contributed by atoms with E-state index in [2.05, 4.69) is 10.3 Å². The molecule has 2 aromatic carbocycles. The van der Waals surface area contributed by atoms with Crippen molar-refractivity contribution in [1.29, 1.82) is 0 Å². The SMILES string of the molecule is CC(C)n1c(CO)c(-c2ccc(F)cc2)c(-c2ccccc2)c1C(=O)NCCc1cccnc1. The molecule has 0 aliphatic rings. The van der Waals surface area contributed by atoms with Crippen LogP contribution in [0.15, 0.2) is 79.1 Å². The van der Waals surface area contributed by atoms with Crippen LogP contribution >= 0.6 is 0 Å². The molecule has 34 heavy (non-hydrogen) atoms. The maximum absolute atomic E-state index is 13.7. The minimum absolute atomic E-state index is 0.0853. The number of benzene rings is 2. The summed E-state index contributed by atoms with van der Waals surface area (Å²) in [5.74, 6) is -0.563. The van der Waals surface area contributed by atoms with Gasteiger partial charge in [0, 0.05) is 36.1 Å². The van der Waals surface area contributed by atoms with E-state index in [1.54, 1.807) is 24.5 Å². The third kappa shape index (κ3) is 4.77. The molecule has 0 radical (unpaired) electrons. The van der Waals surface area contributed by atoms with Gasteiger partial charge in [-0.2, -0.15) is 0 Å². The van der Waals surface area contributed by atoms with Crippen LogP contribution in [0.1, 0.15) is 41.6 Å². The van der Waals surface area contributed by atoms with Gasteiger partial charge < -0.3 is 15.0 Å². The number of hydrogen-bond acceptors (Lipinski definition) is 3. The van der Waals surface area contributed by atoms with Gasteiger partial charge in [-0.1, -0.05) is 48.5 Å². The van der Waals surface area contributed by atoms with Gasteiger partial charge in [0.25, 0.3) is 5.91 Å². The molecular weight excluding hydrogens is 429 g/mol. The first kappa shape index (κ1) is 23.4. The summed E-state index contributed by atoms with van der Waals surface area (Å²) < 4.78 is 15.6. The van der Waals surface area contributed by atoms with Crippen LogP contribution < -0.4 is 5.32 Å². The highest BCUT2D eigenvalue weighted by Gasteiger charge is 2.29. The molecule has 2 heterocycles. The molecule has 174 valence electrons. The molecule has 0 spiro atoms. The number of aliphatic hydroxyl groups is 1. The van der Waals surface area contributed by atoms with Crippen LogP contribution in [0.2, 0.25) is 0 Å². The molecule has 0 bridgehead atoms. The van der Waals surface area contributed by atoms with Gasteiger partial charge in [-0.05, 0) is 55.2 Å². The second-order valence-corrected chi connectivity index (χ2v) is 8.41. The molecule has 0 fully saturated rings. The second kappa shape index (κ2) is 10.4. The average molecular weight is 458 g/mol. The van der Waals surface area contributed by atoms with Crippen molar-refractivity contribution in [3.63, 3.8) is 0 Å². The first-order chi connectivity index (χ1) is 16.5. The first-order valence-electron chi connectivity index (χ1n) is 11.4. The van der Waals surface area contributed by atoms with Crippen LogP contribution in [0.4, 0.5) is 4.39 Å². The molecule has 0 aliphatic carbocycles. The third-order valence-corrected chi connectivity index (χ3v) is 5.81. The summed E-state index contributed by atoms with van der Waals surface area (Å²) in [7, 11) is 0. The molecular formula is C28H28FN3O2. The topological polar surface area (TPSA) is 67.2 Å². The lowest BCUT2D eigenvalue weighted by atomic mass is 9.94. The molecule has 0 atom stereocenters. The Kier molecular flexibility index (Phi) is 7.18. The molecule has 2 N–H and O–H groups in total. The van der Waals surface area contributed by atoms with E-state index in [0.29, 0.717) is 24.4 Å². The zero-order valence-electron chi connectivity index (χ0n) is 19.3. The fourth-order valence-electron chi connectivity index (χ4n) is 4.35. The van der Waals surface area contributed by atoms with Gasteiger partial charge in [0.1, 0.15) is 11.5 Å². The number of aromatic nitrogens is 2. The highest BCUT2D eigenvalue weighted by molar-refractivity contribution is 6.05. The van der Waals surface area contributed by atoms with Gasteiger partial charge in [-0.25, -0.2) is 4.39 Å². The van der Waals surface area contributed by atoms with E-state index in [1.165, 1.54) is 12.1 Å². The Morgan fingerprint density at radius 3 is 2.32 bits per heavy atom. The Morgan fingerprint density at radius 1 is 1.00 bits per heavy atom. The van der Waals surface area contributed by atoms with Crippen LogP contribution in [-0.4, -0.2) is 27.1 Å². The summed E-state index contributed by atoms with van der Waals surface area (Å²) in [6.07, 6.45) is 4.16. The number of rotatable bonds is 8. The number of pyridine rings is 1. The smallest absolute Gasteiger partial charge is 0.268 e. The number of hydrogen-bond donors (Lipinski definition) is 2. The lowest BCUT2D eigenvalue weighted by molar-refractivity contribution is 0.0943. The number of halogens is 1. The van der Waals surface area contributed by atoms with Gasteiger partial charge in [0.2, 0.25) is 0 Å². The van der Waals surface area contributed by atoms with Crippen molar-refractivity contribution in [3.8, 4) is 22.3 Å². The fourth-order valence-corrected chi connectivity index (χ4v) is 4.35. The van der Waals surface area contributed by atoms with Crippen LogP contribution in [0.5, 0.6) is 0 Å². The van der Waals surface area contributed by atoms with E-state index in [9.17, 15) is 14.3 Å². The number of aliphatic hydroxyl groups excluding tert-OH is 1. The molecule has 0 unspecified atom stereocenters. The Labute approximate surface area is 198 Å². The fraction of sp³-hybridized carbons (Fsp3) is 0.214. The highest BCUT2D eigenvalue weighted by Crippen LogP contribution is 2.41. The minimum atomic E-state index is -0.341. The summed E-state index contributed by atoms with van der Waals surface area (Å²) in [5.41, 5.74) is 5.20. The molecule has 0 saturated heterocycles. The predicted octanol–water partition coefficient (Wildman–Crippen LogP) is 5.40. The largest absolute Gasteiger partial charge is 0.390 e. The van der Waals surface area contributed by atoms with E-state index in [4.69, 9.17) is 0 Å². The van der Waals surface area contributed by atoms with Crippen molar-refractivity contribution >= 4 is 5.91 Å². The molecule has 4 rings (SSSR count). The molecule has 0 saturated carbocycles. The summed E-state index contributed by atoms with van der Waals surface area (Å²) in [6.45, 7) is 4.15. The molecule has 2 aromatic heterocycles. The van der Waals surface area contributed by atoms with Gasteiger partial charge in [-0.15, -0.1) is 0 Å². The quantitative estimate of drug-likeness (QED) is 0.372. The Morgan fingerprint density at radius 2 is 1.71 bits per heavy atom. The summed E-state index contributed by atoms with van der Waals surface area (Å²) in [6, 6.07) is 19.6. The standard InChI is InChI=1S/C28H28FN3O2/c1-19(2)32-24(18-33)25(22-10-12-23(29)13-11-22)26(21-8-4-3-5-9-21)27(32)28(34)31-16-14-20-7-6-15-30-17-20/h3-13,15,17,19,33H,14,16,18H2,1-2H3,(H,31,34). The average Bonchev–Trinajstić information content (AvgIpc) is 3.21. The van der Waals surface area contributed by atoms with Crippen molar-refractivity contribution < 1.29 is 14.3 Å². The number of nitrogens with zero attached hydrogens (tertiary/aromatic N) is 2. The summed E-state index contributed by atoms with van der Waals surface area (Å²) in [4.78, 5) is 17.8. The van der Waals surface area contributed by atoms with Gasteiger partial charge in [0.05, 0.1) is 12.3 Å². The van der Waals surface area contributed by atoms with Crippen molar-refractivity contribution in [2.45, 2.75) is 32.9 Å². The van der Waals surface area contributed by atoms with Gasteiger partial charge in [0.15, 0.2) is 0 Å². The Hall–Kier alpha value is -3.77. The van der Waals surface area contributed by atoms with Crippen molar-refractivity contribution in [2.24, 2.45) is 0 Å². The van der Waals surface area contributed by atoms with Crippen LogP contribution in [0, 0.1) is 5.82 Å². The molecule has 1 amide bonds. The highest BCUT2D eigenvalue weighted by atomic mass is 19.1. The molecule has 0 aliphatic heterocycles. The lowest BCUT2D eigenvalue weighted by Gasteiger charge is -2.17. The van der Waals surface area contributed by atoms with Gasteiger partial charge in [-0.3, -0.25) is 9.78 Å². The minimum Gasteiger partial charge on any atom is -0.390 e. The third-order valence-electron chi connectivity index (χ3n) is 5.81. The predicted molar refractivity (Wildman–Crippen MR) is 132 cm³/mol. The zero-order chi connectivity index (χ0) is 24.1. The van der Waals surface area contributed by atoms with E-state index < -0.39 is 0 Å². The number of amides is 1. The molecule has 4 aromatic rings. The lowest BCUT2D eigenvalue weighted by Crippen LogP contribution is -2.29. The zero-order valence-corrected chi connectivity index (χ0v) is 19.3. The number of carbonyl (C=O) groups is 1. The van der Waals surface area contributed by atoms with Gasteiger partial charge >= 0.3 is 0 Å². The molecule has 6 heteroatoms.